The van der Waals surface area contributed by atoms with Gasteiger partial charge in [0.05, 0.1) is 16.8 Å². The molecule has 0 saturated carbocycles. The third-order valence-corrected chi connectivity index (χ3v) is 3.02. The van der Waals surface area contributed by atoms with Crippen LogP contribution in [-0.4, -0.2) is 11.9 Å². The Labute approximate surface area is 108 Å². The van der Waals surface area contributed by atoms with Crippen molar-refractivity contribution in [2.75, 3.05) is 5.32 Å². The van der Waals surface area contributed by atoms with E-state index in [1.165, 1.54) is 0 Å². The summed E-state index contributed by atoms with van der Waals surface area (Å²) in [6.45, 7) is 3.79. The summed E-state index contributed by atoms with van der Waals surface area (Å²) >= 11 is 9.27. The monoisotopic (exact) mass is 304 g/mol. The fraction of sp³-hybridized carbons (Fsp3) is 0.364. The minimum absolute atomic E-state index is 0.0919. The highest BCUT2D eigenvalue weighted by Crippen LogP contribution is 2.25. The van der Waals surface area contributed by atoms with Crippen molar-refractivity contribution >= 4 is 39.1 Å². The fourth-order valence-electron chi connectivity index (χ4n) is 1.11. The van der Waals surface area contributed by atoms with E-state index < -0.39 is 6.04 Å². The smallest absolute Gasteiger partial charge is 0.241 e. The molecule has 1 aromatic rings. The summed E-state index contributed by atoms with van der Waals surface area (Å²) in [6, 6.07) is 4.73. The molecule has 1 atom stereocenters. The number of benzene rings is 1. The highest BCUT2D eigenvalue weighted by molar-refractivity contribution is 9.10. The summed E-state index contributed by atoms with van der Waals surface area (Å²) in [7, 11) is 0. The largest absolute Gasteiger partial charge is 0.323 e. The predicted octanol–water partition coefficient (Wildman–Crippen LogP) is 3.02. The van der Waals surface area contributed by atoms with Crippen molar-refractivity contribution in [1.82, 2.24) is 0 Å². The summed E-state index contributed by atoms with van der Waals surface area (Å²) < 4.78 is 0.864. The van der Waals surface area contributed by atoms with Crippen molar-refractivity contribution in [3.63, 3.8) is 0 Å². The molecular formula is C11H14BrClN2O. The number of nitrogens with one attached hydrogen (secondary N) is 1. The topological polar surface area (TPSA) is 55.1 Å². The minimum atomic E-state index is -0.528. The van der Waals surface area contributed by atoms with Gasteiger partial charge in [-0.1, -0.05) is 41.4 Å². The molecule has 0 aliphatic heterocycles. The molecule has 0 bridgehead atoms. The molecule has 0 heterocycles. The average molecular weight is 306 g/mol. The van der Waals surface area contributed by atoms with Crippen LogP contribution >= 0.6 is 27.5 Å². The lowest BCUT2D eigenvalue weighted by molar-refractivity contribution is -0.118. The molecule has 3 nitrogen and oxygen atoms in total. The van der Waals surface area contributed by atoms with Crippen molar-refractivity contribution in [3.05, 3.63) is 27.7 Å². The molecule has 0 aromatic heterocycles. The van der Waals surface area contributed by atoms with Crippen molar-refractivity contribution < 1.29 is 4.79 Å². The summed E-state index contributed by atoms with van der Waals surface area (Å²) in [4.78, 5) is 11.7. The zero-order chi connectivity index (χ0) is 12.3. The fourth-order valence-corrected chi connectivity index (χ4v) is 1.83. The predicted molar refractivity (Wildman–Crippen MR) is 70.6 cm³/mol. The number of anilines is 1. The minimum Gasteiger partial charge on any atom is -0.323 e. The first-order valence-electron chi connectivity index (χ1n) is 4.93. The van der Waals surface area contributed by atoms with E-state index in [1.807, 2.05) is 19.9 Å². The zero-order valence-electron chi connectivity index (χ0n) is 9.13. The van der Waals surface area contributed by atoms with Crippen LogP contribution < -0.4 is 11.1 Å². The summed E-state index contributed by atoms with van der Waals surface area (Å²) in [5.74, 6) is -0.131. The van der Waals surface area contributed by atoms with Crippen molar-refractivity contribution in [2.24, 2.45) is 11.7 Å². The molecule has 1 rings (SSSR count). The van der Waals surface area contributed by atoms with Gasteiger partial charge < -0.3 is 11.1 Å². The molecule has 0 fully saturated rings. The van der Waals surface area contributed by atoms with E-state index in [-0.39, 0.29) is 11.8 Å². The molecule has 5 heteroatoms. The summed E-state index contributed by atoms with van der Waals surface area (Å²) in [5.41, 5.74) is 6.30. The van der Waals surface area contributed by atoms with Gasteiger partial charge in [0, 0.05) is 4.47 Å². The summed E-state index contributed by atoms with van der Waals surface area (Å²) in [6.07, 6.45) is 0. The molecule has 0 spiro atoms. The number of carbonyl (C=O) groups excluding carboxylic acids is 1. The second kappa shape index (κ2) is 5.66. The van der Waals surface area contributed by atoms with Crippen LogP contribution in [0.15, 0.2) is 22.7 Å². The molecule has 0 saturated heterocycles. The Morgan fingerprint density at radius 3 is 2.62 bits per heavy atom. The molecule has 1 unspecified atom stereocenters. The number of hydrogen-bond donors (Lipinski definition) is 2. The Morgan fingerprint density at radius 1 is 1.50 bits per heavy atom. The Bertz CT molecular complexity index is 396. The quantitative estimate of drug-likeness (QED) is 0.902. The van der Waals surface area contributed by atoms with Crippen LogP contribution in [0, 0.1) is 5.92 Å². The third kappa shape index (κ3) is 3.47. The van der Waals surface area contributed by atoms with Crippen molar-refractivity contribution in [2.45, 2.75) is 19.9 Å². The number of carbonyl (C=O) groups is 1. The number of hydrogen-bond acceptors (Lipinski definition) is 2. The van der Waals surface area contributed by atoms with Gasteiger partial charge in [-0.15, -0.1) is 0 Å². The molecule has 0 aliphatic rings. The molecule has 16 heavy (non-hydrogen) atoms. The number of halogens is 2. The van der Waals surface area contributed by atoms with E-state index in [1.54, 1.807) is 12.1 Å². The molecule has 1 aromatic carbocycles. The molecule has 0 aliphatic carbocycles. The molecule has 88 valence electrons. The lowest BCUT2D eigenvalue weighted by Gasteiger charge is -2.16. The third-order valence-electron chi connectivity index (χ3n) is 2.21. The highest BCUT2D eigenvalue weighted by atomic mass is 79.9. The number of nitrogens with two attached hydrogens (primary N) is 1. The van der Waals surface area contributed by atoms with E-state index in [4.69, 9.17) is 17.3 Å². The van der Waals surface area contributed by atoms with E-state index >= 15 is 0 Å². The first-order chi connectivity index (χ1) is 7.41. The Hall–Kier alpha value is -0.580. The lowest BCUT2D eigenvalue weighted by Crippen LogP contribution is -2.39. The van der Waals surface area contributed by atoms with E-state index in [0.29, 0.717) is 10.7 Å². The number of amides is 1. The molecule has 0 radical (unpaired) electrons. The van der Waals surface area contributed by atoms with Gasteiger partial charge in [0.15, 0.2) is 0 Å². The van der Waals surface area contributed by atoms with E-state index in [9.17, 15) is 4.79 Å². The van der Waals surface area contributed by atoms with E-state index in [2.05, 4.69) is 21.2 Å². The zero-order valence-corrected chi connectivity index (χ0v) is 11.5. The van der Waals surface area contributed by atoms with Gasteiger partial charge in [-0.3, -0.25) is 4.79 Å². The van der Waals surface area contributed by atoms with Gasteiger partial charge in [-0.05, 0) is 24.1 Å². The highest BCUT2D eigenvalue weighted by Gasteiger charge is 2.17. The summed E-state index contributed by atoms with van der Waals surface area (Å²) in [5, 5.41) is 3.19. The van der Waals surface area contributed by atoms with Gasteiger partial charge in [-0.25, -0.2) is 0 Å². The SMILES string of the molecule is CC(C)C(N)C(=O)Nc1ccc(Br)cc1Cl. The van der Waals surface area contributed by atoms with Crippen LogP contribution in [0.5, 0.6) is 0 Å². The molecule has 3 N–H and O–H groups in total. The van der Waals surface area contributed by atoms with Gasteiger partial charge in [0.2, 0.25) is 5.91 Å². The maximum Gasteiger partial charge on any atom is 0.241 e. The van der Waals surface area contributed by atoms with Gasteiger partial charge in [0.1, 0.15) is 0 Å². The number of rotatable bonds is 3. The first-order valence-corrected chi connectivity index (χ1v) is 6.10. The first kappa shape index (κ1) is 13.5. The van der Waals surface area contributed by atoms with Gasteiger partial charge >= 0.3 is 0 Å². The lowest BCUT2D eigenvalue weighted by atomic mass is 10.1. The van der Waals surface area contributed by atoms with Crippen molar-refractivity contribution in [1.29, 1.82) is 0 Å². The molecule has 1 amide bonds. The van der Waals surface area contributed by atoms with Crippen LogP contribution in [-0.2, 0) is 4.79 Å². The van der Waals surface area contributed by atoms with Crippen LogP contribution in [0.1, 0.15) is 13.8 Å². The van der Waals surface area contributed by atoms with Gasteiger partial charge in [0.25, 0.3) is 0 Å². The normalized spacial score (nSPS) is 12.6. The second-order valence-electron chi connectivity index (χ2n) is 3.88. The van der Waals surface area contributed by atoms with Crippen LogP contribution in [0.3, 0.4) is 0 Å². The molecular weight excluding hydrogens is 291 g/mol. The maximum absolute atomic E-state index is 11.7. The maximum atomic E-state index is 11.7. The van der Waals surface area contributed by atoms with Crippen LogP contribution in [0.2, 0.25) is 5.02 Å². The Balaban J connectivity index is 2.77. The van der Waals surface area contributed by atoms with Crippen LogP contribution in [0.25, 0.3) is 0 Å². The average Bonchev–Trinajstić information content (AvgIpc) is 2.20. The Morgan fingerprint density at radius 2 is 2.12 bits per heavy atom. The Kier molecular flexibility index (Phi) is 4.77. The van der Waals surface area contributed by atoms with E-state index in [0.717, 1.165) is 4.47 Å². The van der Waals surface area contributed by atoms with Crippen molar-refractivity contribution in [3.8, 4) is 0 Å². The standard InChI is InChI=1S/C11H14BrClN2O/c1-6(2)10(14)11(16)15-9-4-3-7(12)5-8(9)13/h3-6,10H,14H2,1-2H3,(H,15,16). The second-order valence-corrected chi connectivity index (χ2v) is 5.21. The van der Waals surface area contributed by atoms with Crippen LogP contribution in [0.4, 0.5) is 5.69 Å². The van der Waals surface area contributed by atoms with Gasteiger partial charge in [-0.2, -0.15) is 0 Å².